The van der Waals surface area contributed by atoms with E-state index in [1.54, 1.807) is 19.2 Å². The van der Waals surface area contributed by atoms with Gasteiger partial charge in [0, 0.05) is 30.2 Å². The Labute approximate surface area is 146 Å². The molecule has 1 saturated heterocycles. The molecule has 1 unspecified atom stereocenters. The predicted molar refractivity (Wildman–Crippen MR) is 94.8 cm³/mol. The van der Waals surface area contributed by atoms with E-state index in [1.807, 2.05) is 47.3 Å². The van der Waals surface area contributed by atoms with E-state index in [9.17, 15) is 4.39 Å². The molecule has 2 heterocycles. The van der Waals surface area contributed by atoms with Crippen LogP contribution >= 0.6 is 0 Å². The second-order valence-corrected chi connectivity index (χ2v) is 5.92. The van der Waals surface area contributed by atoms with Gasteiger partial charge in [-0.2, -0.15) is 0 Å². The van der Waals surface area contributed by atoms with Gasteiger partial charge in [0.1, 0.15) is 11.6 Å². The molecule has 0 saturated carbocycles. The zero-order valence-corrected chi connectivity index (χ0v) is 13.9. The van der Waals surface area contributed by atoms with Crippen LogP contribution in [0.1, 0.15) is 11.8 Å². The van der Waals surface area contributed by atoms with Gasteiger partial charge >= 0.3 is 0 Å². The van der Waals surface area contributed by atoms with Crippen molar-refractivity contribution in [1.29, 1.82) is 0 Å². The quantitative estimate of drug-likeness (QED) is 0.715. The molecule has 3 aromatic rings. The van der Waals surface area contributed by atoms with Crippen LogP contribution in [0.3, 0.4) is 0 Å². The van der Waals surface area contributed by atoms with Gasteiger partial charge in [0.05, 0.1) is 19.4 Å². The van der Waals surface area contributed by atoms with E-state index in [0.717, 1.165) is 29.2 Å². The lowest BCUT2D eigenvalue weighted by atomic mass is 10.2. The van der Waals surface area contributed by atoms with Crippen molar-refractivity contribution in [3.63, 3.8) is 0 Å². The first-order valence-electron chi connectivity index (χ1n) is 8.21. The summed E-state index contributed by atoms with van der Waals surface area (Å²) in [6, 6.07) is 16.4. The highest BCUT2D eigenvalue weighted by Gasteiger charge is 2.29. The summed E-state index contributed by atoms with van der Waals surface area (Å²) in [7, 11) is 1.68. The van der Waals surface area contributed by atoms with Crippen molar-refractivity contribution in [3.05, 3.63) is 78.4 Å². The van der Waals surface area contributed by atoms with Crippen LogP contribution in [0.25, 0.3) is 5.69 Å². The van der Waals surface area contributed by atoms with Crippen molar-refractivity contribution in [2.45, 2.75) is 6.23 Å². The van der Waals surface area contributed by atoms with E-state index in [4.69, 9.17) is 9.47 Å². The number of aromatic nitrogens is 1. The van der Waals surface area contributed by atoms with Crippen molar-refractivity contribution < 1.29 is 13.9 Å². The van der Waals surface area contributed by atoms with Crippen LogP contribution in [0.2, 0.25) is 0 Å². The minimum atomic E-state index is -0.238. The molecule has 0 aliphatic carbocycles. The summed E-state index contributed by atoms with van der Waals surface area (Å²) in [6.07, 6.45) is 3.81. The monoisotopic (exact) mass is 338 g/mol. The molecule has 128 valence electrons. The van der Waals surface area contributed by atoms with Crippen LogP contribution in [0.4, 0.5) is 10.1 Å². The summed E-state index contributed by atoms with van der Waals surface area (Å²) in [5.41, 5.74) is 2.98. The fraction of sp³-hybridized carbons (Fsp3) is 0.200. The topological polar surface area (TPSA) is 26.6 Å². The van der Waals surface area contributed by atoms with Gasteiger partial charge in [-0.1, -0.05) is 12.1 Å². The molecule has 25 heavy (non-hydrogen) atoms. The minimum Gasteiger partial charge on any atom is -0.495 e. The first-order valence-corrected chi connectivity index (χ1v) is 8.21. The van der Waals surface area contributed by atoms with Crippen LogP contribution in [-0.4, -0.2) is 24.8 Å². The summed E-state index contributed by atoms with van der Waals surface area (Å²) in [5, 5.41) is 0. The van der Waals surface area contributed by atoms with Crippen molar-refractivity contribution >= 4 is 5.69 Å². The first kappa shape index (κ1) is 15.7. The Morgan fingerprint density at radius 1 is 1.08 bits per heavy atom. The van der Waals surface area contributed by atoms with Gasteiger partial charge in [0.25, 0.3) is 0 Å². The highest BCUT2D eigenvalue weighted by Crippen LogP contribution is 2.37. The molecule has 2 aromatic carbocycles. The molecule has 0 bridgehead atoms. The zero-order chi connectivity index (χ0) is 17.2. The Bertz CT molecular complexity index is 860. The molecular weight excluding hydrogens is 319 g/mol. The van der Waals surface area contributed by atoms with E-state index in [2.05, 4.69) is 4.90 Å². The van der Waals surface area contributed by atoms with Gasteiger partial charge in [-0.25, -0.2) is 4.39 Å². The van der Waals surface area contributed by atoms with Gasteiger partial charge in [-0.05, 0) is 42.5 Å². The maximum absolute atomic E-state index is 13.1. The number of para-hydroxylation sites is 2. The highest BCUT2D eigenvalue weighted by atomic mass is 19.1. The second-order valence-electron chi connectivity index (χ2n) is 5.92. The normalized spacial score (nSPS) is 17.0. The number of rotatable bonds is 4. The molecule has 0 amide bonds. The molecule has 0 radical (unpaired) electrons. The number of anilines is 1. The summed E-state index contributed by atoms with van der Waals surface area (Å²) in [6.45, 7) is 1.46. The van der Waals surface area contributed by atoms with Crippen LogP contribution in [0.15, 0.2) is 67.0 Å². The van der Waals surface area contributed by atoms with E-state index in [1.165, 1.54) is 12.1 Å². The third-order valence-corrected chi connectivity index (χ3v) is 4.41. The number of halogens is 1. The summed E-state index contributed by atoms with van der Waals surface area (Å²) >= 11 is 0. The molecule has 1 atom stereocenters. The number of nitrogens with zero attached hydrogens (tertiary/aromatic N) is 2. The maximum atomic E-state index is 13.1. The van der Waals surface area contributed by atoms with E-state index in [0.29, 0.717) is 6.61 Å². The molecule has 4 nitrogen and oxygen atoms in total. The molecule has 0 spiro atoms. The fourth-order valence-electron chi connectivity index (χ4n) is 3.19. The molecule has 1 aliphatic rings. The molecule has 1 aromatic heterocycles. The standard InChI is InChI=1S/C20H19FN2O2/c1-24-19-5-3-2-4-18(19)23-12-13-25-20(23)15-10-11-22(14-15)17-8-6-16(21)7-9-17/h2-11,14,20H,12-13H2,1H3. The Morgan fingerprint density at radius 2 is 1.88 bits per heavy atom. The lowest BCUT2D eigenvalue weighted by Gasteiger charge is -2.26. The first-order chi connectivity index (χ1) is 12.3. The second kappa shape index (κ2) is 6.61. The zero-order valence-electron chi connectivity index (χ0n) is 13.9. The average Bonchev–Trinajstić information content (AvgIpc) is 3.31. The third kappa shape index (κ3) is 2.98. The number of hydrogen-bond acceptors (Lipinski definition) is 3. The van der Waals surface area contributed by atoms with Crippen LogP contribution < -0.4 is 9.64 Å². The number of methoxy groups -OCH3 is 1. The van der Waals surface area contributed by atoms with Gasteiger partial charge in [-0.15, -0.1) is 0 Å². The third-order valence-electron chi connectivity index (χ3n) is 4.41. The van der Waals surface area contributed by atoms with Gasteiger partial charge in [0.15, 0.2) is 6.23 Å². The molecule has 1 aliphatic heterocycles. The lowest BCUT2D eigenvalue weighted by Crippen LogP contribution is -2.23. The number of hydrogen-bond donors (Lipinski definition) is 0. The number of benzene rings is 2. The van der Waals surface area contributed by atoms with Crippen LogP contribution in [0, 0.1) is 5.82 Å². The molecule has 5 heteroatoms. The molecule has 0 N–H and O–H groups in total. The highest BCUT2D eigenvalue weighted by molar-refractivity contribution is 5.60. The average molecular weight is 338 g/mol. The van der Waals surface area contributed by atoms with Crippen molar-refractivity contribution in [3.8, 4) is 11.4 Å². The Morgan fingerprint density at radius 3 is 2.68 bits per heavy atom. The number of ether oxygens (including phenoxy) is 2. The van der Waals surface area contributed by atoms with E-state index in [-0.39, 0.29) is 12.0 Å². The van der Waals surface area contributed by atoms with Gasteiger partial charge in [-0.3, -0.25) is 0 Å². The Kier molecular flexibility index (Phi) is 4.15. The van der Waals surface area contributed by atoms with Crippen molar-refractivity contribution in [2.24, 2.45) is 0 Å². The fourth-order valence-corrected chi connectivity index (χ4v) is 3.19. The summed E-state index contributed by atoms with van der Waals surface area (Å²) in [5.74, 6) is 0.591. The minimum absolute atomic E-state index is 0.169. The SMILES string of the molecule is COc1ccccc1N1CCOC1c1ccn(-c2ccc(F)cc2)c1. The van der Waals surface area contributed by atoms with E-state index >= 15 is 0 Å². The van der Waals surface area contributed by atoms with Crippen LogP contribution in [0.5, 0.6) is 5.75 Å². The van der Waals surface area contributed by atoms with Gasteiger partial charge < -0.3 is 18.9 Å². The maximum Gasteiger partial charge on any atom is 0.158 e. The smallest absolute Gasteiger partial charge is 0.158 e. The molecule has 4 rings (SSSR count). The van der Waals surface area contributed by atoms with Crippen molar-refractivity contribution in [1.82, 2.24) is 4.57 Å². The molecular formula is C20H19FN2O2. The Hall–Kier alpha value is -2.79. The predicted octanol–water partition coefficient (Wildman–Crippen LogP) is 4.16. The lowest BCUT2D eigenvalue weighted by molar-refractivity contribution is 0.113. The van der Waals surface area contributed by atoms with Gasteiger partial charge in [0.2, 0.25) is 0 Å². The van der Waals surface area contributed by atoms with Crippen LogP contribution in [-0.2, 0) is 4.74 Å². The Balaban J connectivity index is 1.64. The summed E-state index contributed by atoms with van der Waals surface area (Å²) < 4.78 is 26.5. The van der Waals surface area contributed by atoms with Crippen molar-refractivity contribution in [2.75, 3.05) is 25.2 Å². The molecule has 1 fully saturated rings. The summed E-state index contributed by atoms with van der Waals surface area (Å²) in [4.78, 5) is 2.20. The van der Waals surface area contributed by atoms with E-state index < -0.39 is 0 Å². The largest absolute Gasteiger partial charge is 0.495 e.